The summed E-state index contributed by atoms with van der Waals surface area (Å²) in [5, 5.41) is 7.02. The van der Waals surface area contributed by atoms with Crippen molar-refractivity contribution in [3.63, 3.8) is 0 Å². The van der Waals surface area contributed by atoms with Gasteiger partial charge in [-0.1, -0.05) is 30.7 Å². The molecule has 2 saturated carbocycles. The Hall–Kier alpha value is -2.42. The number of hydrogen-bond donors (Lipinski definition) is 2. The number of piperidine rings is 1. The van der Waals surface area contributed by atoms with Crippen LogP contribution in [0.15, 0.2) is 53.4 Å². The van der Waals surface area contributed by atoms with Crippen molar-refractivity contribution in [3.8, 4) is 0 Å². The van der Waals surface area contributed by atoms with E-state index in [0.29, 0.717) is 22.6 Å². The van der Waals surface area contributed by atoms with Crippen molar-refractivity contribution in [1.29, 1.82) is 0 Å². The Bertz CT molecular complexity index is 1390. The number of benzene rings is 2. The summed E-state index contributed by atoms with van der Waals surface area (Å²) in [6.07, 6.45) is 7.47. The number of carbonyl (C=O) groups is 1. The molecule has 0 radical (unpaired) electrons. The van der Waals surface area contributed by atoms with Gasteiger partial charge in [-0.25, -0.2) is 8.42 Å². The standard InChI is InChI=1S/C34H46N4O3S/c1-24(39)36-33-8-4-7-32(33)34(23-35-19-26-5-2-3-6-31(26)34)27-15-17-37(18-16-27)20-25-21-38(22-25)28-9-11-29(12-10-28)42(40,41)30-13-14-30/h2-3,5-6,9-12,25,27,30,32-33,35H,4,7-8,13-23H2,1H3,(H,36,39)/t32-,33-,34?/m0/s1. The third-order valence-electron chi connectivity index (χ3n) is 11.1. The molecular formula is C34H46N4O3S. The second kappa shape index (κ2) is 11.3. The first-order valence-corrected chi connectivity index (χ1v) is 17.8. The zero-order valence-electron chi connectivity index (χ0n) is 24.9. The van der Waals surface area contributed by atoms with Crippen molar-refractivity contribution in [2.45, 2.75) is 80.0 Å². The lowest BCUT2D eigenvalue weighted by atomic mass is 9.56. The van der Waals surface area contributed by atoms with Gasteiger partial charge in [0.05, 0.1) is 10.1 Å². The molecule has 0 aromatic heterocycles. The maximum absolute atomic E-state index is 12.5. The second-order valence-corrected chi connectivity index (χ2v) is 16.0. The number of likely N-dealkylation sites (tertiary alicyclic amines) is 1. The number of hydrogen-bond acceptors (Lipinski definition) is 6. The van der Waals surface area contributed by atoms with Crippen LogP contribution in [-0.4, -0.2) is 69.8 Å². The molecule has 1 amide bonds. The molecule has 5 aliphatic rings. The molecule has 2 aliphatic carbocycles. The number of carbonyl (C=O) groups excluding carboxylic acids is 1. The molecule has 2 aromatic rings. The van der Waals surface area contributed by atoms with Gasteiger partial charge in [0.1, 0.15) is 0 Å². The summed E-state index contributed by atoms with van der Waals surface area (Å²) < 4.78 is 25.1. The Morgan fingerprint density at radius 1 is 0.976 bits per heavy atom. The van der Waals surface area contributed by atoms with Crippen molar-refractivity contribution >= 4 is 21.4 Å². The Kier molecular flexibility index (Phi) is 7.60. The highest BCUT2D eigenvalue weighted by Gasteiger charge is 2.53. The van der Waals surface area contributed by atoms with Gasteiger partial charge in [0, 0.05) is 62.7 Å². The maximum atomic E-state index is 12.5. The van der Waals surface area contributed by atoms with Gasteiger partial charge in [-0.2, -0.15) is 0 Å². The van der Waals surface area contributed by atoms with E-state index in [1.165, 1.54) is 36.8 Å². The summed E-state index contributed by atoms with van der Waals surface area (Å²) in [6.45, 7) is 9.10. The van der Waals surface area contributed by atoms with Gasteiger partial charge in [-0.15, -0.1) is 0 Å². The van der Waals surface area contributed by atoms with Gasteiger partial charge < -0.3 is 20.4 Å². The van der Waals surface area contributed by atoms with Crippen LogP contribution in [0.25, 0.3) is 0 Å². The average Bonchev–Trinajstić information content (AvgIpc) is 3.75. The fraction of sp³-hybridized carbons (Fsp3) is 0.618. The quantitative estimate of drug-likeness (QED) is 0.482. The van der Waals surface area contributed by atoms with Crippen molar-refractivity contribution in [2.75, 3.05) is 44.2 Å². The largest absolute Gasteiger partial charge is 0.371 e. The fourth-order valence-corrected chi connectivity index (χ4v) is 10.6. The minimum Gasteiger partial charge on any atom is -0.371 e. The van der Waals surface area contributed by atoms with E-state index in [4.69, 9.17) is 0 Å². The predicted molar refractivity (Wildman–Crippen MR) is 166 cm³/mol. The highest BCUT2D eigenvalue weighted by atomic mass is 32.2. The van der Waals surface area contributed by atoms with Gasteiger partial charge in [0.2, 0.25) is 5.91 Å². The zero-order valence-corrected chi connectivity index (χ0v) is 25.7. The van der Waals surface area contributed by atoms with Crippen LogP contribution >= 0.6 is 0 Å². The van der Waals surface area contributed by atoms with Crippen LogP contribution < -0.4 is 15.5 Å². The normalized spacial score (nSPS) is 29.2. The number of amides is 1. The minimum absolute atomic E-state index is 0.0664. The minimum atomic E-state index is -3.12. The summed E-state index contributed by atoms with van der Waals surface area (Å²) in [6, 6.07) is 16.9. The highest BCUT2D eigenvalue weighted by molar-refractivity contribution is 7.92. The van der Waals surface area contributed by atoms with E-state index in [1.54, 1.807) is 19.1 Å². The van der Waals surface area contributed by atoms with Gasteiger partial charge in [-0.3, -0.25) is 4.79 Å². The number of fused-ring (bicyclic) bond motifs is 1. The molecular weight excluding hydrogens is 544 g/mol. The molecule has 1 unspecified atom stereocenters. The number of nitrogens with one attached hydrogen (secondary N) is 2. The Morgan fingerprint density at radius 3 is 2.43 bits per heavy atom. The summed E-state index contributed by atoms with van der Waals surface area (Å²) in [5.74, 6) is 1.83. The van der Waals surface area contributed by atoms with E-state index < -0.39 is 9.84 Å². The first kappa shape index (κ1) is 28.4. The molecule has 3 aliphatic heterocycles. The average molecular weight is 591 g/mol. The second-order valence-electron chi connectivity index (χ2n) is 13.7. The van der Waals surface area contributed by atoms with Crippen molar-refractivity contribution in [3.05, 3.63) is 59.7 Å². The Balaban J connectivity index is 0.990. The highest BCUT2D eigenvalue weighted by Crippen LogP contribution is 2.52. The zero-order chi connectivity index (χ0) is 28.9. The molecule has 2 saturated heterocycles. The molecule has 2 aromatic carbocycles. The maximum Gasteiger partial charge on any atom is 0.217 e. The van der Waals surface area contributed by atoms with Gasteiger partial charge in [-0.05, 0) is 98.8 Å². The number of rotatable bonds is 8. The molecule has 2 N–H and O–H groups in total. The molecule has 4 fully saturated rings. The van der Waals surface area contributed by atoms with Crippen molar-refractivity contribution < 1.29 is 13.2 Å². The van der Waals surface area contributed by atoms with Crippen LogP contribution in [0.4, 0.5) is 5.69 Å². The van der Waals surface area contributed by atoms with Crippen LogP contribution in [-0.2, 0) is 26.6 Å². The third-order valence-corrected chi connectivity index (χ3v) is 13.4. The number of nitrogens with zero attached hydrogens (tertiary/aromatic N) is 2. The van der Waals surface area contributed by atoms with E-state index in [9.17, 15) is 13.2 Å². The van der Waals surface area contributed by atoms with Gasteiger partial charge in [0.15, 0.2) is 9.84 Å². The Morgan fingerprint density at radius 2 is 1.71 bits per heavy atom. The molecule has 7 rings (SSSR count). The van der Waals surface area contributed by atoms with Crippen LogP contribution in [0.1, 0.15) is 63.0 Å². The molecule has 3 atom stereocenters. The summed E-state index contributed by atoms with van der Waals surface area (Å²) in [5.41, 5.74) is 4.18. The number of sulfone groups is 1. The van der Waals surface area contributed by atoms with Gasteiger partial charge >= 0.3 is 0 Å². The molecule has 7 nitrogen and oxygen atoms in total. The van der Waals surface area contributed by atoms with Gasteiger partial charge in [0.25, 0.3) is 0 Å². The first-order valence-electron chi connectivity index (χ1n) is 16.2. The lowest BCUT2D eigenvalue weighted by Crippen LogP contribution is -2.59. The van der Waals surface area contributed by atoms with Crippen molar-refractivity contribution in [1.82, 2.24) is 15.5 Å². The molecule has 3 heterocycles. The van der Waals surface area contributed by atoms with Crippen LogP contribution in [0.3, 0.4) is 0 Å². The molecule has 8 heteroatoms. The molecule has 0 bridgehead atoms. The smallest absolute Gasteiger partial charge is 0.217 e. The van der Waals surface area contributed by atoms with Crippen molar-refractivity contribution in [2.24, 2.45) is 17.8 Å². The monoisotopic (exact) mass is 590 g/mol. The Labute approximate surface area is 251 Å². The van der Waals surface area contributed by atoms with E-state index in [-0.39, 0.29) is 22.6 Å². The first-order chi connectivity index (χ1) is 20.3. The molecule has 42 heavy (non-hydrogen) atoms. The van der Waals surface area contributed by atoms with E-state index >= 15 is 0 Å². The third kappa shape index (κ3) is 5.17. The molecule has 0 spiro atoms. The van der Waals surface area contributed by atoms with E-state index in [2.05, 4.69) is 44.7 Å². The lowest BCUT2D eigenvalue weighted by molar-refractivity contribution is -0.120. The summed E-state index contributed by atoms with van der Waals surface area (Å²) in [7, 11) is -3.12. The topological polar surface area (TPSA) is 81.8 Å². The molecule has 226 valence electrons. The predicted octanol–water partition coefficient (Wildman–Crippen LogP) is 4.12. The summed E-state index contributed by atoms with van der Waals surface area (Å²) in [4.78, 5) is 17.7. The summed E-state index contributed by atoms with van der Waals surface area (Å²) >= 11 is 0. The van der Waals surface area contributed by atoms with Crippen LogP contribution in [0, 0.1) is 17.8 Å². The van der Waals surface area contributed by atoms with Crippen LogP contribution in [0.5, 0.6) is 0 Å². The number of anilines is 1. The SMILES string of the molecule is CC(=O)N[C@H]1CCC[C@@H]1C1(C2CCN(CC3CN(c4ccc(S(=O)(=O)C5CC5)cc4)C3)CC2)CNCc2ccccc21. The fourth-order valence-electron chi connectivity index (χ4n) is 8.95. The van der Waals surface area contributed by atoms with Crippen LogP contribution in [0.2, 0.25) is 0 Å². The van der Waals surface area contributed by atoms with E-state index in [0.717, 1.165) is 70.8 Å². The van der Waals surface area contributed by atoms with E-state index in [1.807, 2.05) is 12.1 Å². The lowest BCUT2D eigenvalue weighted by Gasteiger charge is -2.53.